The van der Waals surface area contributed by atoms with Gasteiger partial charge in [-0.3, -0.25) is 14.0 Å². The predicted octanol–water partition coefficient (Wildman–Crippen LogP) is 3.70. The molecule has 8 N–H and O–H groups in total. The first-order chi connectivity index (χ1) is 44.2. The van der Waals surface area contributed by atoms with Crippen molar-refractivity contribution in [3.8, 4) is 23.0 Å². The van der Waals surface area contributed by atoms with Gasteiger partial charge in [-0.2, -0.15) is 0 Å². The highest BCUT2D eigenvalue weighted by atomic mass is 32.3. The third-order valence-corrected chi connectivity index (χ3v) is 16.8. The minimum atomic E-state index is -3.92. The van der Waals surface area contributed by atoms with Gasteiger partial charge in [-0.05, 0) is 90.2 Å². The van der Waals surface area contributed by atoms with Gasteiger partial charge in [-0.15, -0.1) is 38.0 Å². The van der Waals surface area contributed by atoms with Crippen molar-refractivity contribution in [3.05, 3.63) is 142 Å². The van der Waals surface area contributed by atoms with Crippen LogP contribution in [0, 0.1) is 0 Å². The smallest absolute Gasteiger partial charge is 0.328 e. The highest BCUT2D eigenvalue weighted by Crippen LogP contribution is 2.30. The lowest BCUT2D eigenvalue weighted by Crippen LogP contribution is -2.45. The number of hydrogen-bond donors (Lipinski definition) is 6. The molecule has 2 amide bonds. The van der Waals surface area contributed by atoms with Crippen molar-refractivity contribution in [2.24, 2.45) is 15.4 Å². The van der Waals surface area contributed by atoms with E-state index >= 15 is 0 Å². The molecule has 34 nitrogen and oxygen atoms in total. The fraction of sp³-hybridized carbons (Fsp3) is 0.333. The van der Waals surface area contributed by atoms with Crippen molar-refractivity contribution >= 4 is 86.9 Å². The number of benzene rings is 4. The number of rotatable bonds is 35. The molecule has 0 aliphatic carbocycles. The number of halogens is 1. The quantitative estimate of drug-likeness (QED) is 0.0143. The highest BCUT2D eigenvalue weighted by Gasteiger charge is 2.23. The van der Waals surface area contributed by atoms with Crippen LogP contribution in [-0.4, -0.2) is 157 Å². The van der Waals surface area contributed by atoms with Crippen LogP contribution in [0.4, 0.5) is 4.39 Å². The number of carbonyl (C=O) groups is 4. The second kappa shape index (κ2) is 34.0. The molecule has 2 atom stereocenters. The summed E-state index contributed by atoms with van der Waals surface area (Å²) in [5.41, 5.74) is 12.2. The summed E-state index contributed by atoms with van der Waals surface area (Å²) in [6.07, 6.45) is 5.63. The number of carboxylic acid groups (broad SMARTS) is 2. The number of sulfonamides is 2. The third-order valence-electron chi connectivity index (χ3n) is 12.2. The number of carboxylic acids is 2. The van der Waals surface area contributed by atoms with E-state index in [0.717, 1.165) is 33.9 Å². The van der Waals surface area contributed by atoms with E-state index in [0.29, 0.717) is 86.4 Å². The molecule has 4 aromatic carbocycles. The zero-order valence-electron chi connectivity index (χ0n) is 48.1. The van der Waals surface area contributed by atoms with Crippen LogP contribution in [-0.2, 0) is 101 Å². The van der Waals surface area contributed by atoms with Gasteiger partial charge in [0.25, 0.3) is 20.0 Å². The van der Waals surface area contributed by atoms with Gasteiger partial charge in [0, 0.05) is 11.1 Å². The number of hydrogen-bond acceptors (Lipinski definition) is 25. The number of carbonyl (C=O) groups excluding carboxylic acids is 2. The van der Waals surface area contributed by atoms with Gasteiger partial charge in [-0.1, -0.05) is 52.4 Å². The number of ether oxygens (including phenoxy) is 6. The van der Waals surface area contributed by atoms with Crippen molar-refractivity contribution < 1.29 is 79.0 Å². The van der Waals surface area contributed by atoms with Crippen LogP contribution in [0.15, 0.2) is 117 Å². The molecule has 5 aromatic heterocycles. The normalized spacial score (nSPS) is 11.9. The maximum atomic E-state index is 12.6. The molecule has 0 radical (unpaired) electrons. The minimum Gasteiger partial charge on any atom is -0.493 e. The lowest BCUT2D eigenvalue weighted by Gasteiger charge is -2.15. The molecule has 0 aliphatic heterocycles. The van der Waals surface area contributed by atoms with Crippen LogP contribution in [0.5, 0.6) is 23.0 Å². The molecule has 0 spiro atoms. The summed E-state index contributed by atoms with van der Waals surface area (Å²) in [7, 11) is -7.84. The molecule has 9 rings (SSSR count). The number of primary sulfonamides is 2. The summed E-state index contributed by atoms with van der Waals surface area (Å²) in [4.78, 5) is 59.2. The first-order valence-electron chi connectivity index (χ1n) is 27.2. The number of amides is 2. The summed E-state index contributed by atoms with van der Waals surface area (Å²) in [5.74, 6) is -1.81. The van der Waals surface area contributed by atoms with E-state index in [9.17, 15) is 50.6 Å². The first-order valence-corrected chi connectivity index (χ1v) is 31.9. The molecule has 0 saturated carbocycles. The average Bonchev–Trinajstić information content (AvgIpc) is 1.73. The number of aromatic nitrogens is 11. The number of nitrogens with two attached hydrogens (primary N) is 2. The highest BCUT2D eigenvalue weighted by molar-refractivity contribution is 7.91. The van der Waals surface area contributed by atoms with Crippen LogP contribution >= 0.6 is 22.7 Å². The number of nitrogens with zero attached hydrogens (tertiary/aromatic N) is 14. The fourth-order valence-corrected chi connectivity index (χ4v) is 11.3. The average molecular weight is 1360 g/mol. The van der Waals surface area contributed by atoms with Gasteiger partial charge in [-0.25, -0.2) is 60.7 Å². The minimum absolute atomic E-state index is 0. The molecule has 93 heavy (non-hydrogen) atoms. The zero-order valence-corrected chi connectivity index (χ0v) is 51.4. The molecule has 494 valence electrons. The van der Waals surface area contributed by atoms with Crippen molar-refractivity contribution in [2.45, 2.75) is 87.1 Å². The summed E-state index contributed by atoms with van der Waals surface area (Å²) >= 11 is 1.84. The van der Waals surface area contributed by atoms with E-state index < -0.39 is 62.6 Å². The maximum absolute atomic E-state index is 12.6. The molecule has 0 bridgehead atoms. The topological polar surface area (TPSA) is 475 Å². The number of thiazole rings is 2. The van der Waals surface area contributed by atoms with E-state index in [1.54, 1.807) is 95.8 Å². The Morgan fingerprint density at radius 3 is 1.54 bits per heavy atom. The SMILES string of the molecule is C.NS(=O)(=O)c1nc2ccc(OCc3cn(CC(=O)N[C@H](COCc4cccc(OCCn5cc(CCC[18F])nn5)c4)C(=O)O)nn3)cc2s1.[N-]=[N+]=NCCOc1cccc(COC[C@@H](NC(=O)Cn2cc(COc3ccc4nc(S(N)(=O)=O)sc4c3)nn2)C(=O)O)c1. The Morgan fingerprint density at radius 1 is 0.624 bits per heavy atom. The van der Waals surface area contributed by atoms with Gasteiger partial charge < -0.3 is 49.3 Å². The predicted molar refractivity (Wildman–Crippen MR) is 328 cm³/mol. The number of azide groups is 1. The third kappa shape index (κ3) is 22.5. The van der Waals surface area contributed by atoms with Gasteiger partial charge >= 0.3 is 11.9 Å². The maximum Gasteiger partial charge on any atom is 0.328 e. The van der Waals surface area contributed by atoms with Gasteiger partial charge in [0.1, 0.15) is 67.3 Å². The van der Waals surface area contributed by atoms with Crippen LogP contribution in [0.2, 0.25) is 0 Å². The van der Waals surface area contributed by atoms with Crippen LogP contribution in [0.1, 0.15) is 42.1 Å². The monoisotopic (exact) mass is 1360 g/mol. The molecule has 39 heteroatoms. The Kier molecular flexibility index (Phi) is 25.8. The lowest BCUT2D eigenvalue weighted by molar-refractivity contribution is -0.144. The molecule has 9 aromatic rings. The van der Waals surface area contributed by atoms with Gasteiger partial charge in [0.2, 0.25) is 20.5 Å². The van der Waals surface area contributed by atoms with Gasteiger partial charge in [0.05, 0.1) is 91.3 Å². The van der Waals surface area contributed by atoms with Crippen molar-refractivity contribution in [2.75, 3.05) is 39.6 Å². The van der Waals surface area contributed by atoms with Crippen LogP contribution < -0.4 is 39.9 Å². The summed E-state index contributed by atoms with van der Waals surface area (Å²) in [6, 6.07) is 21.1. The number of aliphatic carboxylic acids is 2. The lowest BCUT2D eigenvalue weighted by atomic mass is 10.2. The van der Waals surface area contributed by atoms with Crippen molar-refractivity contribution in [3.63, 3.8) is 0 Å². The van der Waals surface area contributed by atoms with E-state index in [1.165, 1.54) is 21.8 Å². The van der Waals surface area contributed by atoms with Crippen molar-refractivity contribution in [1.29, 1.82) is 0 Å². The Morgan fingerprint density at radius 2 is 1.08 bits per heavy atom. The van der Waals surface area contributed by atoms with Crippen LogP contribution in [0.25, 0.3) is 30.9 Å². The molecule has 0 unspecified atom stereocenters. The Labute approximate surface area is 536 Å². The molecule has 0 fully saturated rings. The van der Waals surface area contributed by atoms with Crippen LogP contribution in [0.3, 0.4) is 0 Å². The second-order valence-corrected chi connectivity index (χ2v) is 24.9. The summed E-state index contributed by atoms with van der Waals surface area (Å²) in [6.45, 7) is -0.278. The standard InChI is InChI=1S/C29H32FN9O8S2.C24H25N9O8S2.CH4/c30-8-2-4-20-13-38(36-34-20)9-10-46-22-5-1-3-19(11-22)16-45-18-25(28(41)42)32-27(40)15-39-14-21(35-37-39)17-47-23-6-7-24-26(12-23)48-29(33-24)49(31,43)44;25-31-27-6-7-40-17-3-1-2-15(8-17)12-39-14-20(23(35)36)28-22(34)11-33-10-16(30-32-33)13-41-18-4-5-19-21(9-18)42-24(29-19)43(26,37)38;/h1,3,5-7,11-14,25H,2,4,8-10,15-18H2,(H,32,40)(H,41,42)(H2,31,43,44);1-5,8-10,20H,6-7,11-14H2,(H,28,34)(H,35,36)(H2,26,37,38);1H4/t25-;20-;/m11./s1/i30-1;;. The number of nitrogens with one attached hydrogen (secondary N) is 2. The number of aryl methyl sites for hydroxylation is 1. The van der Waals surface area contributed by atoms with E-state index in [1.807, 2.05) is 0 Å². The molecule has 5 heterocycles. The number of fused-ring (bicyclic) bond motifs is 2. The van der Waals surface area contributed by atoms with Gasteiger partial charge in [0.15, 0.2) is 12.1 Å². The second-order valence-electron chi connectivity index (χ2n) is 19.4. The summed E-state index contributed by atoms with van der Waals surface area (Å²) in [5, 5.41) is 61.3. The molecular weight excluding hydrogens is 1300 g/mol. The number of alkyl halides is 1. The summed E-state index contributed by atoms with van der Waals surface area (Å²) < 4.78 is 97.1. The largest absolute Gasteiger partial charge is 0.493 e. The Bertz CT molecular complexity index is 4290. The molecule has 0 aliphatic rings. The zero-order chi connectivity index (χ0) is 65.6. The fourth-order valence-electron chi connectivity index (χ4n) is 7.95. The first kappa shape index (κ1) is 70.6. The molecule has 0 saturated heterocycles. The van der Waals surface area contributed by atoms with E-state index in [-0.39, 0.29) is 82.0 Å². The Balaban J connectivity index is 0.000000263. The van der Waals surface area contributed by atoms with Crippen molar-refractivity contribution in [1.82, 2.24) is 65.6 Å². The Hall–Kier alpha value is -9.86. The molecular formula is C54H61FN18O16S4. The van der Waals surface area contributed by atoms with E-state index in [2.05, 4.69) is 61.6 Å². The van der Waals surface area contributed by atoms with E-state index in [4.69, 9.17) is 44.2 Å².